The minimum Gasteiger partial charge on any atom is -0.315 e. The van der Waals surface area contributed by atoms with E-state index in [2.05, 4.69) is 278 Å². The Morgan fingerprint density at radius 1 is 0.431 bits per heavy atom. The summed E-state index contributed by atoms with van der Waals surface area (Å²) >= 11 is 0. The number of allylic oxidation sites excluding steroid dienone is 4. The van der Waals surface area contributed by atoms with Crippen LogP contribution < -0.4 is 20.7 Å². The summed E-state index contributed by atoms with van der Waals surface area (Å²) in [4.78, 5) is 5.17. The molecule has 0 amide bonds. The summed E-state index contributed by atoms with van der Waals surface area (Å²) in [5, 5.41) is 7.49. The molecule has 14 rings (SSSR count). The zero-order valence-electron chi connectivity index (χ0n) is 40.5. The second-order valence-electron chi connectivity index (χ2n) is 20.4. The Morgan fingerprint density at radius 3 is 1.58 bits per heavy atom. The molecule has 340 valence electrons. The minimum absolute atomic E-state index is 0.0416. The van der Waals surface area contributed by atoms with Crippen LogP contribution in [0.5, 0.6) is 0 Å². The number of hydrogen-bond donors (Lipinski definition) is 0. The molecule has 1 aliphatic carbocycles. The number of hydrogen-bond acceptors (Lipinski definition) is 2. The summed E-state index contributed by atoms with van der Waals surface area (Å²) in [6, 6.07) is 90.2. The van der Waals surface area contributed by atoms with Gasteiger partial charge in [0.1, 0.15) is 0 Å². The zero-order valence-corrected chi connectivity index (χ0v) is 40.5. The average Bonchev–Trinajstić information content (AvgIpc) is 3.45. The zero-order chi connectivity index (χ0) is 47.9. The Hall–Kier alpha value is -8.66. The Morgan fingerprint density at radius 2 is 0.931 bits per heavy atom. The Bertz CT molecular complexity index is 3920. The van der Waals surface area contributed by atoms with Crippen molar-refractivity contribution in [2.45, 2.75) is 25.7 Å². The second kappa shape index (κ2) is 16.8. The largest absolute Gasteiger partial charge is 0.315 e. The van der Waals surface area contributed by atoms with Crippen LogP contribution in [0.15, 0.2) is 266 Å². The molecule has 0 radical (unpaired) electrons. The van der Waals surface area contributed by atoms with Gasteiger partial charge < -0.3 is 9.80 Å². The van der Waals surface area contributed by atoms with E-state index in [0.717, 1.165) is 12.1 Å². The molecule has 1 unspecified atom stereocenters. The van der Waals surface area contributed by atoms with Crippen LogP contribution in [-0.2, 0) is 5.41 Å². The quantitative estimate of drug-likeness (QED) is 0.116. The second-order valence-corrected chi connectivity index (χ2v) is 20.4. The number of rotatable bonds is 7. The lowest BCUT2D eigenvalue weighted by atomic mass is 9.32. The van der Waals surface area contributed by atoms with E-state index < -0.39 is 0 Å². The number of nitrogens with zero attached hydrogens (tertiary/aromatic N) is 2. The number of benzene rings is 11. The molecule has 3 aliphatic rings. The molecular weight excluding hydrogens is 868 g/mol. The topological polar surface area (TPSA) is 6.48 Å². The number of fused-ring (bicyclic) bond motifs is 6. The van der Waals surface area contributed by atoms with Gasteiger partial charge in [-0.3, -0.25) is 0 Å². The average molecular weight is 919 g/mol. The third kappa shape index (κ3) is 6.57. The highest BCUT2D eigenvalue weighted by molar-refractivity contribution is 6.95. The van der Waals surface area contributed by atoms with Crippen molar-refractivity contribution >= 4 is 78.4 Å². The van der Waals surface area contributed by atoms with E-state index >= 15 is 0 Å². The van der Waals surface area contributed by atoms with Gasteiger partial charge in [0.15, 0.2) is 0 Å². The third-order valence-corrected chi connectivity index (χ3v) is 16.2. The molecule has 72 heavy (non-hydrogen) atoms. The summed E-state index contributed by atoms with van der Waals surface area (Å²) in [6.07, 6.45) is 5.93. The Kier molecular flexibility index (Phi) is 9.83. The van der Waals surface area contributed by atoms with Crippen molar-refractivity contribution in [3.63, 3.8) is 0 Å². The lowest BCUT2D eigenvalue weighted by Gasteiger charge is -2.47. The van der Waals surface area contributed by atoms with Crippen LogP contribution >= 0.6 is 0 Å². The molecule has 0 N–H and O–H groups in total. The molecule has 0 fully saturated rings. The van der Waals surface area contributed by atoms with Gasteiger partial charge in [-0.15, -0.1) is 0 Å². The normalized spacial score (nSPS) is 15.0. The van der Waals surface area contributed by atoms with E-state index in [-0.39, 0.29) is 18.0 Å². The first kappa shape index (κ1) is 42.2. The third-order valence-electron chi connectivity index (χ3n) is 16.2. The summed E-state index contributed by atoms with van der Waals surface area (Å²) in [5.74, 6) is 0.273. The summed E-state index contributed by atoms with van der Waals surface area (Å²) in [5.41, 5.74) is 20.1. The van der Waals surface area contributed by atoms with E-state index in [1.807, 2.05) is 0 Å². The molecule has 2 aliphatic heterocycles. The van der Waals surface area contributed by atoms with Gasteiger partial charge in [-0.2, -0.15) is 0 Å². The molecule has 2 nitrogen and oxygen atoms in total. The van der Waals surface area contributed by atoms with Crippen molar-refractivity contribution in [3.05, 3.63) is 272 Å². The van der Waals surface area contributed by atoms with E-state index in [0.29, 0.717) is 0 Å². The van der Waals surface area contributed by atoms with Gasteiger partial charge >= 0.3 is 0 Å². The minimum atomic E-state index is -0.101. The molecule has 11 aromatic rings. The van der Waals surface area contributed by atoms with E-state index in [9.17, 15) is 0 Å². The van der Waals surface area contributed by atoms with Crippen LogP contribution in [0.4, 0.5) is 28.4 Å². The fourth-order valence-electron chi connectivity index (χ4n) is 12.7. The van der Waals surface area contributed by atoms with Crippen LogP contribution in [-0.4, -0.2) is 6.71 Å². The van der Waals surface area contributed by atoms with Gasteiger partial charge in [0.05, 0.1) is 0 Å². The maximum absolute atomic E-state index is 2.64. The predicted molar refractivity (Wildman–Crippen MR) is 307 cm³/mol. The maximum atomic E-state index is 2.64. The van der Waals surface area contributed by atoms with Crippen LogP contribution in [0.2, 0.25) is 0 Å². The Balaban J connectivity index is 1.02. The highest BCUT2D eigenvalue weighted by Crippen LogP contribution is 2.52. The summed E-state index contributed by atoms with van der Waals surface area (Å²) < 4.78 is 0. The first-order valence-electron chi connectivity index (χ1n) is 25.5. The smallest absolute Gasteiger partial charge is 0.251 e. The molecule has 0 saturated heterocycles. The van der Waals surface area contributed by atoms with Crippen molar-refractivity contribution in [2.24, 2.45) is 5.92 Å². The lowest BCUT2D eigenvalue weighted by molar-refractivity contribution is 0.374. The maximum Gasteiger partial charge on any atom is 0.251 e. The first-order chi connectivity index (χ1) is 35.5. The van der Waals surface area contributed by atoms with Crippen molar-refractivity contribution in [1.29, 1.82) is 0 Å². The van der Waals surface area contributed by atoms with Gasteiger partial charge in [-0.25, -0.2) is 0 Å². The van der Waals surface area contributed by atoms with E-state index in [1.54, 1.807) is 0 Å². The number of anilines is 5. The van der Waals surface area contributed by atoms with Crippen LogP contribution in [0.1, 0.15) is 25.8 Å². The highest BCUT2D eigenvalue weighted by atomic mass is 15.2. The Labute approximate surface area is 422 Å². The van der Waals surface area contributed by atoms with Crippen molar-refractivity contribution in [1.82, 2.24) is 0 Å². The fraction of sp³-hybridized carbons (Fsp3) is 0.0725. The molecular formula is C69H51BN2. The summed E-state index contributed by atoms with van der Waals surface area (Å²) in [7, 11) is 0. The predicted octanol–water partition coefficient (Wildman–Crippen LogP) is 17.0. The van der Waals surface area contributed by atoms with E-state index in [4.69, 9.17) is 0 Å². The standard InChI is InChI=1S/C69H51BN2/c1-69(2,50-23-6-3-7-24-50)51-41-42-61-63(45-51)72(53-27-10-5-11-28-53)65-44-49(43-64-68(65)70(61)60-35-18-19-36-62(60)71(64)52-25-8-4-9-26-52)67-58-32-16-14-30-56(58)66(57-31-15-17-33-59(57)67)48-39-37-47(38-40-48)55-34-20-22-46-21-12-13-29-54(46)55/h3-44,51H,45H2,1-2H3. The molecule has 0 spiro atoms. The molecule has 3 heteroatoms. The molecule has 1 atom stereocenters. The van der Waals surface area contributed by atoms with Crippen molar-refractivity contribution in [3.8, 4) is 33.4 Å². The van der Waals surface area contributed by atoms with Crippen LogP contribution in [0, 0.1) is 5.92 Å². The number of para-hydroxylation sites is 3. The van der Waals surface area contributed by atoms with Gasteiger partial charge in [0.25, 0.3) is 6.71 Å². The summed E-state index contributed by atoms with van der Waals surface area (Å²) in [6.45, 7) is 4.89. The van der Waals surface area contributed by atoms with Crippen LogP contribution in [0.25, 0.3) is 65.7 Å². The molecule has 0 bridgehead atoms. The lowest BCUT2D eigenvalue weighted by Crippen LogP contribution is -2.56. The molecule has 0 aromatic heterocycles. The van der Waals surface area contributed by atoms with Gasteiger partial charge in [0.2, 0.25) is 0 Å². The van der Waals surface area contributed by atoms with Crippen molar-refractivity contribution in [2.75, 3.05) is 9.80 Å². The SMILES string of the molecule is CC(C)(c1ccccc1)C1C=CC2=C(C1)N(c1ccccc1)c1cc(-c3c4ccccc4c(-c4ccc(-c5cccc6ccccc56)cc4)c4ccccc34)cc3c1B2c1ccccc1N3c1ccccc1. The van der Waals surface area contributed by atoms with Crippen LogP contribution in [0.3, 0.4) is 0 Å². The van der Waals surface area contributed by atoms with Gasteiger partial charge in [-0.05, 0) is 148 Å². The van der Waals surface area contributed by atoms with Gasteiger partial charge in [0, 0.05) is 34.1 Å². The molecule has 0 saturated carbocycles. The van der Waals surface area contributed by atoms with Gasteiger partial charge in [-0.1, -0.05) is 226 Å². The fourth-order valence-corrected chi connectivity index (χ4v) is 12.7. The van der Waals surface area contributed by atoms with Crippen molar-refractivity contribution < 1.29 is 0 Å². The van der Waals surface area contributed by atoms with E-state index in [1.165, 1.54) is 116 Å². The monoisotopic (exact) mass is 918 g/mol. The molecule has 11 aromatic carbocycles. The molecule has 2 heterocycles. The first-order valence-corrected chi connectivity index (χ1v) is 25.5. The highest BCUT2D eigenvalue weighted by Gasteiger charge is 2.46.